The monoisotopic (exact) mass is 409 g/mol. The Morgan fingerprint density at radius 1 is 1.29 bits per heavy atom. The van der Waals surface area contributed by atoms with Crippen molar-refractivity contribution in [2.75, 3.05) is 11.1 Å². The molecule has 0 aliphatic heterocycles. The van der Waals surface area contributed by atoms with Crippen LogP contribution in [0, 0.1) is 0 Å². The minimum Gasteiger partial charge on any atom is -0.375 e. The lowest BCUT2D eigenvalue weighted by atomic mass is 10.2. The number of aromatic nitrogens is 1. The number of carbonyl (C=O) groups is 2. The van der Waals surface area contributed by atoms with Crippen LogP contribution >= 0.6 is 27.3 Å². The van der Waals surface area contributed by atoms with Gasteiger partial charge in [-0.3, -0.25) is 9.59 Å². The summed E-state index contributed by atoms with van der Waals surface area (Å²) in [6, 6.07) is 7.25. The van der Waals surface area contributed by atoms with Crippen molar-refractivity contribution in [2.45, 2.75) is 19.8 Å². The van der Waals surface area contributed by atoms with Crippen molar-refractivity contribution in [1.29, 1.82) is 0 Å². The van der Waals surface area contributed by atoms with E-state index in [0.717, 1.165) is 4.47 Å². The molecule has 1 aromatic heterocycles. The van der Waals surface area contributed by atoms with Gasteiger partial charge in [0.05, 0.1) is 18.5 Å². The second kappa shape index (κ2) is 8.55. The van der Waals surface area contributed by atoms with Gasteiger partial charge in [0.15, 0.2) is 5.13 Å². The second-order valence-corrected chi connectivity index (χ2v) is 6.77. The number of nitrogens with zero attached hydrogens (tertiary/aromatic N) is 2. The molecule has 0 aliphatic carbocycles. The van der Waals surface area contributed by atoms with Crippen LogP contribution in [0.4, 0.5) is 10.8 Å². The molecule has 0 saturated heterocycles. The minimum atomic E-state index is -0.312. The van der Waals surface area contributed by atoms with Crippen molar-refractivity contribution >= 4 is 55.6 Å². The number of amides is 2. The first kappa shape index (κ1) is 18.1. The van der Waals surface area contributed by atoms with Crippen molar-refractivity contribution < 1.29 is 9.59 Å². The van der Waals surface area contributed by atoms with Crippen molar-refractivity contribution in [3.8, 4) is 0 Å². The summed E-state index contributed by atoms with van der Waals surface area (Å²) < 4.78 is 0.933. The Labute approximate surface area is 151 Å². The maximum Gasteiger partial charge on any atom is 0.246 e. The highest BCUT2D eigenvalue weighted by Gasteiger charge is 2.08. The number of thiazole rings is 1. The third-order valence-corrected chi connectivity index (χ3v) is 4.08. The van der Waals surface area contributed by atoms with Gasteiger partial charge in [-0.1, -0.05) is 15.9 Å². The van der Waals surface area contributed by atoms with Crippen LogP contribution in [-0.2, 0) is 16.0 Å². The molecule has 2 rings (SSSR count). The van der Waals surface area contributed by atoms with Crippen LogP contribution in [0.15, 0.2) is 39.2 Å². The molecule has 0 unspecified atom stereocenters. The molecule has 0 saturated carbocycles. The highest BCUT2D eigenvalue weighted by atomic mass is 79.9. The number of benzene rings is 1. The maximum absolute atomic E-state index is 11.9. The average Bonchev–Trinajstić information content (AvgIpc) is 2.92. The van der Waals surface area contributed by atoms with Crippen molar-refractivity contribution in [3.05, 3.63) is 39.8 Å². The molecule has 126 valence electrons. The fourth-order valence-electron chi connectivity index (χ4n) is 1.78. The number of nitrogens with one attached hydrogen (secondary N) is 2. The molecule has 24 heavy (non-hydrogen) atoms. The lowest BCUT2D eigenvalue weighted by molar-refractivity contribution is -0.120. The van der Waals surface area contributed by atoms with Gasteiger partial charge < -0.3 is 11.1 Å². The van der Waals surface area contributed by atoms with Crippen LogP contribution in [0.2, 0.25) is 0 Å². The number of halogens is 1. The van der Waals surface area contributed by atoms with Gasteiger partial charge in [0.25, 0.3) is 0 Å². The molecule has 0 bridgehead atoms. The fraction of sp³-hybridized carbons (Fsp3) is 0.200. The smallest absolute Gasteiger partial charge is 0.246 e. The molecule has 0 aliphatic rings. The number of anilines is 2. The van der Waals surface area contributed by atoms with Crippen LogP contribution in [0.3, 0.4) is 0 Å². The summed E-state index contributed by atoms with van der Waals surface area (Å²) in [5.41, 5.74) is 9.69. The Balaban J connectivity index is 1.79. The van der Waals surface area contributed by atoms with Gasteiger partial charge >= 0.3 is 0 Å². The van der Waals surface area contributed by atoms with E-state index in [2.05, 4.69) is 36.8 Å². The number of hydrazone groups is 1. The van der Waals surface area contributed by atoms with Crippen LogP contribution < -0.4 is 16.5 Å². The summed E-state index contributed by atoms with van der Waals surface area (Å²) in [7, 11) is 0. The predicted octanol–water partition coefficient (Wildman–Crippen LogP) is 2.55. The Morgan fingerprint density at radius 2 is 2.00 bits per heavy atom. The van der Waals surface area contributed by atoms with E-state index in [0.29, 0.717) is 22.2 Å². The normalized spacial score (nSPS) is 11.2. The molecule has 0 radical (unpaired) electrons. The lowest BCUT2D eigenvalue weighted by Gasteiger charge is -2.05. The summed E-state index contributed by atoms with van der Waals surface area (Å²) in [4.78, 5) is 27.6. The summed E-state index contributed by atoms with van der Waals surface area (Å²) in [6.07, 6.45) is 0.176. The van der Waals surface area contributed by atoms with Gasteiger partial charge in [-0.25, -0.2) is 10.4 Å². The van der Waals surface area contributed by atoms with Crippen LogP contribution in [0.25, 0.3) is 0 Å². The first-order chi connectivity index (χ1) is 11.4. The minimum absolute atomic E-state index is 0.0833. The summed E-state index contributed by atoms with van der Waals surface area (Å²) in [5.74, 6) is -0.520. The molecule has 0 atom stereocenters. The summed E-state index contributed by atoms with van der Waals surface area (Å²) >= 11 is 4.60. The van der Waals surface area contributed by atoms with Crippen molar-refractivity contribution in [2.24, 2.45) is 5.10 Å². The van der Waals surface area contributed by atoms with E-state index < -0.39 is 0 Å². The van der Waals surface area contributed by atoms with Gasteiger partial charge in [0, 0.05) is 21.3 Å². The number of carbonyl (C=O) groups excluding carboxylic acids is 2. The molecule has 1 aromatic carbocycles. The largest absolute Gasteiger partial charge is 0.375 e. The first-order valence-corrected chi connectivity index (χ1v) is 8.67. The van der Waals surface area contributed by atoms with Gasteiger partial charge in [0.1, 0.15) is 0 Å². The summed E-state index contributed by atoms with van der Waals surface area (Å²) in [6.45, 7) is 1.67. The molecule has 9 heteroatoms. The van der Waals surface area contributed by atoms with E-state index >= 15 is 0 Å². The number of nitrogens with two attached hydrogens (primary N) is 1. The Bertz CT molecular complexity index is 757. The zero-order valence-corrected chi connectivity index (χ0v) is 15.3. The van der Waals surface area contributed by atoms with E-state index in [1.54, 1.807) is 24.4 Å². The van der Waals surface area contributed by atoms with Gasteiger partial charge in [-0.05, 0) is 31.2 Å². The number of nitrogen functional groups attached to an aromatic ring is 1. The standard InChI is InChI=1S/C15H16BrN5O2S/c1-9(6-13(22)18-11-4-2-10(16)3-5-11)20-21-14(23)7-12-8-24-15(17)19-12/h2-5,8H,6-7H2,1H3,(H2,17,19)(H,18,22)(H,21,23). The molecule has 7 nitrogen and oxygen atoms in total. The second-order valence-electron chi connectivity index (χ2n) is 4.97. The number of rotatable bonds is 6. The van der Waals surface area contributed by atoms with E-state index in [1.807, 2.05) is 12.1 Å². The third-order valence-electron chi connectivity index (χ3n) is 2.83. The molecular formula is C15H16BrN5O2S. The highest BCUT2D eigenvalue weighted by Crippen LogP contribution is 2.14. The zero-order valence-electron chi connectivity index (χ0n) is 12.9. The van der Waals surface area contributed by atoms with Gasteiger partial charge in [-0.2, -0.15) is 5.10 Å². The number of hydrogen-bond acceptors (Lipinski definition) is 6. The highest BCUT2D eigenvalue weighted by molar-refractivity contribution is 9.10. The molecule has 0 fully saturated rings. The van der Waals surface area contributed by atoms with Crippen LogP contribution in [0.1, 0.15) is 19.0 Å². The third kappa shape index (κ3) is 6.09. The van der Waals surface area contributed by atoms with E-state index in [4.69, 9.17) is 5.73 Å². The SMILES string of the molecule is CC(CC(=O)Nc1ccc(Br)cc1)=NNC(=O)Cc1csc(N)n1. The number of hydrogen-bond donors (Lipinski definition) is 3. The van der Waals surface area contributed by atoms with Gasteiger partial charge in [0.2, 0.25) is 11.8 Å². The predicted molar refractivity (Wildman–Crippen MR) is 98.9 cm³/mol. The van der Waals surface area contributed by atoms with E-state index in [-0.39, 0.29) is 24.7 Å². The van der Waals surface area contributed by atoms with Crippen LogP contribution in [-0.4, -0.2) is 22.5 Å². The molecule has 4 N–H and O–H groups in total. The molecule has 0 spiro atoms. The zero-order chi connectivity index (χ0) is 17.5. The van der Waals surface area contributed by atoms with E-state index in [9.17, 15) is 9.59 Å². The van der Waals surface area contributed by atoms with Gasteiger partial charge in [-0.15, -0.1) is 11.3 Å². The first-order valence-electron chi connectivity index (χ1n) is 6.99. The Morgan fingerprint density at radius 3 is 2.62 bits per heavy atom. The molecule has 2 amide bonds. The molecular weight excluding hydrogens is 394 g/mol. The maximum atomic E-state index is 11.9. The van der Waals surface area contributed by atoms with Crippen LogP contribution in [0.5, 0.6) is 0 Å². The van der Waals surface area contributed by atoms with Crippen molar-refractivity contribution in [3.63, 3.8) is 0 Å². The molecule has 2 aromatic rings. The average molecular weight is 410 g/mol. The lowest BCUT2D eigenvalue weighted by Crippen LogP contribution is -2.23. The summed E-state index contributed by atoms with van der Waals surface area (Å²) in [5, 5.41) is 8.81. The topological polar surface area (TPSA) is 109 Å². The Hall–Kier alpha value is -2.26. The quantitative estimate of drug-likeness (QED) is 0.502. The fourth-order valence-corrected chi connectivity index (χ4v) is 2.60. The molecule has 1 heterocycles. The Kier molecular flexibility index (Phi) is 6.44. The van der Waals surface area contributed by atoms with E-state index in [1.165, 1.54) is 11.3 Å². The van der Waals surface area contributed by atoms with Crippen molar-refractivity contribution in [1.82, 2.24) is 10.4 Å².